The molecule has 2 aromatic rings. The number of hydrogen-bond acceptors (Lipinski definition) is 4. The van der Waals surface area contributed by atoms with Crippen molar-refractivity contribution in [1.29, 1.82) is 0 Å². The minimum atomic E-state index is -3.55. The lowest BCUT2D eigenvalue weighted by Crippen LogP contribution is -2.27. The topological polar surface area (TPSA) is 67.3 Å². The average Bonchev–Trinajstić information content (AvgIpc) is 2.52. The number of hydrogen-bond donors (Lipinski definition) is 0. The molecule has 1 aromatic carbocycles. The van der Waals surface area contributed by atoms with Gasteiger partial charge in [0.05, 0.1) is 16.8 Å². The lowest BCUT2D eigenvalue weighted by molar-refractivity contribution is 0.561. The summed E-state index contributed by atoms with van der Waals surface area (Å²) in [6.45, 7) is 8.24. The molecule has 0 fully saturated rings. The molecule has 7 heteroatoms. The quantitative estimate of drug-likeness (QED) is 0.816. The number of rotatable bonds is 4. The van der Waals surface area contributed by atoms with Crippen LogP contribution in [-0.4, -0.2) is 34.6 Å². The Balaban J connectivity index is 2.53. The molecule has 0 saturated heterocycles. The number of pyridine rings is 1. The van der Waals surface area contributed by atoms with Gasteiger partial charge in [-0.15, -0.1) is 3.71 Å². The first kappa shape index (κ1) is 19.8. The van der Waals surface area contributed by atoms with Crippen LogP contribution in [0.25, 0.3) is 11.3 Å². The van der Waals surface area contributed by atoms with E-state index in [1.807, 2.05) is 31.2 Å². The van der Waals surface area contributed by atoms with Gasteiger partial charge in [0, 0.05) is 23.7 Å². The van der Waals surface area contributed by atoms with Crippen LogP contribution in [0.2, 0.25) is 0 Å². The van der Waals surface area contributed by atoms with E-state index in [2.05, 4.69) is 20.8 Å². The summed E-state index contributed by atoms with van der Waals surface area (Å²) in [4.78, 5) is 5.17. The molecule has 1 unspecified atom stereocenters. The molecule has 25 heavy (non-hydrogen) atoms. The van der Waals surface area contributed by atoms with Crippen molar-refractivity contribution in [2.75, 3.05) is 13.3 Å². The summed E-state index contributed by atoms with van der Waals surface area (Å²) < 4.78 is 36.7. The van der Waals surface area contributed by atoms with Crippen molar-refractivity contribution >= 4 is 21.0 Å². The molecule has 0 saturated carbocycles. The van der Waals surface area contributed by atoms with Gasteiger partial charge in [-0.05, 0) is 36.8 Å². The van der Waals surface area contributed by atoms with Crippen LogP contribution in [0.1, 0.15) is 32.0 Å². The first-order chi connectivity index (χ1) is 11.4. The highest BCUT2D eigenvalue weighted by Gasteiger charge is 2.21. The second kappa shape index (κ2) is 6.97. The van der Waals surface area contributed by atoms with Crippen molar-refractivity contribution in [1.82, 2.24) is 8.69 Å². The summed E-state index contributed by atoms with van der Waals surface area (Å²) in [7, 11) is -4.03. The molecular weight excluding hydrogens is 356 g/mol. The summed E-state index contributed by atoms with van der Waals surface area (Å²) in [5, 5.41) is 0. The second-order valence-corrected chi connectivity index (χ2v) is 10.8. The molecule has 0 bridgehead atoms. The van der Waals surface area contributed by atoms with Gasteiger partial charge in [-0.1, -0.05) is 32.9 Å². The Labute approximate surface area is 152 Å². The van der Waals surface area contributed by atoms with Crippen molar-refractivity contribution in [3.8, 4) is 11.3 Å². The van der Waals surface area contributed by atoms with Gasteiger partial charge in [0.15, 0.2) is 0 Å². The average molecular weight is 381 g/mol. The standard InChI is InChI=1S/C18H24N2O3S2/c1-13-10-11-14(24(21)20(5)25(6,22)23)12-15(13)16-8-7-9-17(19-16)18(2,3)4/h7-12H,1-6H3. The van der Waals surface area contributed by atoms with E-state index >= 15 is 0 Å². The first-order valence-electron chi connectivity index (χ1n) is 7.85. The minimum Gasteiger partial charge on any atom is -0.252 e. The Kier molecular flexibility index (Phi) is 5.51. The van der Waals surface area contributed by atoms with Gasteiger partial charge in [0.2, 0.25) is 10.0 Å². The Morgan fingerprint density at radius 2 is 1.76 bits per heavy atom. The van der Waals surface area contributed by atoms with E-state index in [1.165, 1.54) is 7.05 Å². The molecule has 0 aliphatic heterocycles. The van der Waals surface area contributed by atoms with Crippen LogP contribution in [-0.2, 0) is 26.4 Å². The lowest BCUT2D eigenvalue weighted by Gasteiger charge is -2.19. The highest BCUT2D eigenvalue weighted by atomic mass is 32.3. The van der Waals surface area contributed by atoms with Gasteiger partial charge in [-0.2, -0.15) is 0 Å². The minimum absolute atomic E-state index is 0.0825. The molecule has 1 aromatic heterocycles. The third-order valence-electron chi connectivity index (χ3n) is 3.90. The van der Waals surface area contributed by atoms with E-state index in [1.54, 1.807) is 12.1 Å². The fourth-order valence-electron chi connectivity index (χ4n) is 2.26. The molecule has 1 heterocycles. The lowest BCUT2D eigenvalue weighted by atomic mass is 9.91. The first-order valence-corrected chi connectivity index (χ1v) is 10.8. The van der Waals surface area contributed by atoms with Crippen LogP contribution in [0.3, 0.4) is 0 Å². The van der Waals surface area contributed by atoms with Crippen molar-refractivity contribution in [3.05, 3.63) is 47.7 Å². The fraction of sp³-hybridized carbons (Fsp3) is 0.389. The Morgan fingerprint density at radius 3 is 2.32 bits per heavy atom. The highest BCUT2D eigenvalue weighted by Crippen LogP contribution is 2.28. The SMILES string of the molecule is Cc1ccc(S(=O)N(C)S(C)(=O)=O)cc1-c1cccc(C(C)(C)C)n1. The molecule has 0 spiro atoms. The Bertz CT molecular complexity index is 916. The monoisotopic (exact) mass is 380 g/mol. The van der Waals surface area contributed by atoms with Gasteiger partial charge in [0.1, 0.15) is 11.0 Å². The molecule has 136 valence electrons. The van der Waals surface area contributed by atoms with Crippen LogP contribution in [0, 0.1) is 6.92 Å². The van der Waals surface area contributed by atoms with Crippen molar-refractivity contribution in [2.45, 2.75) is 38.0 Å². The highest BCUT2D eigenvalue weighted by molar-refractivity contribution is 8.00. The molecule has 2 rings (SSSR count). The van der Waals surface area contributed by atoms with Gasteiger partial charge in [-0.25, -0.2) is 12.6 Å². The smallest absolute Gasteiger partial charge is 0.222 e. The number of benzene rings is 1. The summed E-state index contributed by atoms with van der Waals surface area (Å²) in [5.74, 6) is 0. The second-order valence-electron chi connectivity index (χ2n) is 7.06. The van der Waals surface area contributed by atoms with E-state index in [0.717, 1.165) is 32.5 Å². The van der Waals surface area contributed by atoms with Crippen LogP contribution in [0.4, 0.5) is 0 Å². The molecule has 0 amide bonds. The predicted molar refractivity (Wildman–Crippen MR) is 102 cm³/mol. The molecule has 0 N–H and O–H groups in total. The maximum absolute atomic E-state index is 12.5. The Morgan fingerprint density at radius 1 is 1.12 bits per heavy atom. The zero-order chi connectivity index (χ0) is 19.0. The van der Waals surface area contributed by atoms with E-state index < -0.39 is 21.0 Å². The molecular formula is C18H24N2O3S2. The van der Waals surface area contributed by atoms with Crippen molar-refractivity contribution in [2.24, 2.45) is 0 Å². The third kappa shape index (κ3) is 4.54. The van der Waals surface area contributed by atoms with Crippen molar-refractivity contribution < 1.29 is 12.6 Å². The van der Waals surface area contributed by atoms with Gasteiger partial charge < -0.3 is 0 Å². The predicted octanol–water partition coefficient (Wildman–Crippen LogP) is 3.27. The van der Waals surface area contributed by atoms with Gasteiger partial charge in [-0.3, -0.25) is 4.98 Å². The van der Waals surface area contributed by atoms with E-state index in [9.17, 15) is 12.6 Å². The molecule has 1 atom stereocenters. The fourth-order valence-corrected chi connectivity index (χ4v) is 4.20. The zero-order valence-corrected chi connectivity index (χ0v) is 17.0. The van der Waals surface area contributed by atoms with Crippen LogP contribution < -0.4 is 0 Å². The summed E-state index contributed by atoms with van der Waals surface area (Å²) in [6.07, 6.45) is 1.04. The molecule has 0 radical (unpaired) electrons. The number of sulfonamides is 1. The van der Waals surface area contributed by atoms with Crippen LogP contribution in [0.5, 0.6) is 0 Å². The van der Waals surface area contributed by atoms with Crippen LogP contribution in [0.15, 0.2) is 41.3 Å². The van der Waals surface area contributed by atoms with E-state index in [0.29, 0.717) is 4.90 Å². The summed E-state index contributed by atoms with van der Waals surface area (Å²) in [6, 6.07) is 11.1. The van der Waals surface area contributed by atoms with E-state index in [4.69, 9.17) is 4.98 Å². The summed E-state index contributed by atoms with van der Waals surface area (Å²) in [5.41, 5.74) is 3.50. The number of aryl methyl sites for hydroxylation is 1. The third-order valence-corrected chi connectivity index (χ3v) is 7.18. The normalized spacial score (nSPS) is 13.9. The van der Waals surface area contributed by atoms with E-state index in [-0.39, 0.29) is 5.41 Å². The number of aromatic nitrogens is 1. The maximum Gasteiger partial charge on any atom is 0.222 e. The zero-order valence-electron chi connectivity index (χ0n) is 15.4. The molecule has 5 nitrogen and oxygen atoms in total. The summed E-state index contributed by atoms with van der Waals surface area (Å²) >= 11 is 0. The molecule has 0 aliphatic rings. The van der Waals surface area contributed by atoms with Crippen LogP contribution >= 0.6 is 0 Å². The van der Waals surface area contributed by atoms with Crippen molar-refractivity contribution in [3.63, 3.8) is 0 Å². The maximum atomic E-state index is 12.5. The Hall–Kier alpha value is -1.57. The largest absolute Gasteiger partial charge is 0.252 e. The number of nitrogens with zero attached hydrogens (tertiary/aromatic N) is 2. The van der Waals surface area contributed by atoms with Gasteiger partial charge in [0.25, 0.3) is 0 Å². The van der Waals surface area contributed by atoms with Gasteiger partial charge >= 0.3 is 0 Å². The molecule has 0 aliphatic carbocycles.